The smallest absolute Gasteiger partial charge is 0.144 e. The Bertz CT molecular complexity index is 788. The van der Waals surface area contributed by atoms with Gasteiger partial charge in [0, 0.05) is 0 Å². The molecule has 0 amide bonds. The van der Waals surface area contributed by atoms with Crippen LogP contribution in [0, 0.1) is 40.7 Å². The summed E-state index contributed by atoms with van der Waals surface area (Å²) in [6.45, 7) is 4.64. The van der Waals surface area contributed by atoms with E-state index >= 15 is 0 Å². The fourth-order valence-electron chi connectivity index (χ4n) is 4.38. The molecule has 0 saturated heterocycles. The Balaban J connectivity index is 1.66. The van der Waals surface area contributed by atoms with Crippen molar-refractivity contribution in [1.29, 1.82) is 5.26 Å². The molecule has 0 spiro atoms. The zero-order valence-electron chi connectivity index (χ0n) is 16.1. The predicted molar refractivity (Wildman–Crippen MR) is 105 cm³/mol. The molecule has 27 heavy (non-hydrogen) atoms. The normalized spacial score (nSPS) is 20.9. The van der Waals surface area contributed by atoms with E-state index in [1.165, 1.54) is 49.8 Å². The maximum Gasteiger partial charge on any atom is 0.144 e. The number of benzene rings is 2. The molecule has 1 nitrogen and oxygen atoms in total. The molecule has 142 valence electrons. The average molecular weight is 367 g/mol. The van der Waals surface area contributed by atoms with Crippen molar-refractivity contribution in [3.05, 3.63) is 59.2 Å². The third-order valence-corrected chi connectivity index (χ3v) is 6.27. The van der Waals surface area contributed by atoms with E-state index in [0.29, 0.717) is 11.5 Å². The van der Waals surface area contributed by atoms with Crippen LogP contribution in [-0.2, 0) is 6.42 Å². The van der Waals surface area contributed by atoms with Gasteiger partial charge in [0.15, 0.2) is 0 Å². The Morgan fingerprint density at radius 1 is 1.00 bits per heavy atom. The molecule has 1 atom stereocenters. The molecule has 0 aromatic heterocycles. The number of rotatable bonds is 5. The minimum Gasteiger partial charge on any atom is -0.205 e. The molecule has 0 aliphatic heterocycles. The Kier molecular flexibility index (Phi) is 6.26. The summed E-state index contributed by atoms with van der Waals surface area (Å²) in [6, 6.07) is 11.9. The highest BCUT2D eigenvalue weighted by atomic mass is 19.1. The number of nitrogens with zero attached hydrogens (tertiary/aromatic N) is 1. The molecular weight excluding hydrogens is 340 g/mol. The second kappa shape index (κ2) is 8.65. The fraction of sp³-hybridized carbons (Fsp3) is 0.458. The molecule has 0 radical (unpaired) electrons. The minimum absolute atomic E-state index is 0.460. The lowest BCUT2D eigenvalue weighted by atomic mass is 9.74. The topological polar surface area (TPSA) is 23.8 Å². The summed E-state index contributed by atoms with van der Waals surface area (Å²) >= 11 is 0. The van der Waals surface area contributed by atoms with Gasteiger partial charge in [-0.15, -0.1) is 0 Å². The van der Waals surface area contributed by atoms with Gasteiger partial charge in [-0.1, -0.05) is 57.4 Å². The van der Waals surface area contributed by atoms with Crippen LogP contribution in [-0.4, -0.2) is 0 Å². The van der Waals surface area contributed by atoms with Crippen LogP contribution in [0.4, 0.5) is 8.78 Å². The summed E-state index contributed by atoms with van der Waals surface area (Å²) in [4.78, 5) is 0. The van der Waals surface area contributed by atoms with E-state index in [0.717, 1.165) is 23.8 Å². The quantitative estimate of drug-likeness (QED) is 0.564. The van der Waals surface area contributed by atoms with Crippen LogP contribution in [0.25, 0.3) is 11.1 Å². The van der Waals surface area contributed by atoms with Gasteiger partial charge < -0.3 is 0 Å². The summed E-state index contributed by atoms with van der Waals surface area (Å²) in [5, 5.41) is 8.79. The van der Waals surface area contributed by atoms with Gasteiger partial charge in [0.2, 0.25) is 0 Å². The zero-order valence-corrected chi connectivity index (χ0v) is 16.1. The number of halogens is 2. The van der Waals surface area contributed by atoms with Crippen molar-refractivity contribution in [2.45, 2.75) is 52.4 Å². The monoisotopic (exact) mass is 367 g/mol. The van der Waals surface area contributed by atoms with Crippen molar-refractivity contribution in [3.63, 3.8) is 0 Å². The first-order valence-electron chi connectivity index (χ1n) is 10.00. The van der Waals surface area contributed by atoms with Crippen LogP contribution in [0.5, 0.6) is 0 Å². The van der Waals surface area contributed by atoms with E-state index in [9.17, 15) is 8.78 Å². The first-order chi connectivity index (χ1) is 13.0. The van der Waals surface area contributed by atoms with Crippen LogP contribution in [0.1, 0.15) is 57.1 Å². The van der Waals surface area contributed by atoms with E-state index in [1.807, 2.05) is 12.1 Å². The third kappa shape index (κ3) is 4.56. The Morgan fingerprint density at radius 3 is 2.11 bits per heavy atom. The maximum atomic E-state index is 13.8. The number of hydrogen-bond acceptors (Lipinski definition) is 1. The van der Waals surface area contributed by atoms with Gasteiger partial charge in [-0.3, -0.25) is 0 Å². The van der Waals surface area contributed by atoms with Crippen molar-refractivity contribution in [1.82, 2.24) is 0 Å². The maximum absolute atomic E-state index is 13.8. The van der Waals surface area contributed by atoms with Crippen LogP contribution in [0.15, 0.2) is 36.4 Å². The van der Waals surface area contributed by atoms with Gasteiger partial charge in [0.1, 0.15) is 23.3 Å². The first kappa shape index (κ1) is 19.5. The van der Waals surface area contributed by atoms with Crippen molar-refractivity contribution in [2.24, 2.45) is 17.8 Å². The molecule has 1 fully saturated rings. The Hall–Kier alpha value is -2.21. The molecule has 2 aromatic rings. The Labute approximate surface area is 161 Å². The molecule has 0 bridgehead atoms. The van der Waals surface area contributed by atoms with Gasteiger partial charge in [-0.25, -0.2) is 8.78 Å². The lowest BCUT2D eigenvalue weighted by Gasteiger charge is -2.32. The Morgan fingerprint density at radius 2 is 1.59 bits per heavy atom. The van der Waals surface area contributed by atoms with Crippen molar-refractivity contribution in [3.8, 4) is 17.2 Å². The molecular formula is C24H27F2N. The zero-order chi connectivity index (χ0) is 19.4. The SMILES string of the molecule is CCC1CCC(C(C)Cc2ccc(-c3cc(F)c(C#N)c(F)c3)cc2)CC1. The molecule has 1 aliphatic carbocycles. The standard InChI is InChI=1S/C24H27F2N/c1-3-17-4-8-19(9-5-17)16(2)12-18-6-10-20(11-7-18)21-13-23(25)22(15-27)24(26)14-21/h6-7,10-11,13-14,16-17,19H,3-5,8-9,12H2,1-2H3. The van der Waals surface area contributed by atoms with Crippen molar-refractivity contribution < 1.29 is 8.78 Å². The highest BCUT2D eigenvalue weighted by Crippen LogP contribution is 2.36. The molecule has 3 heteroatoms. The third-order valence-electron chi connectivity index (χ3n) is 6.27. The summed E-state index contributed by atoms with van der Waals surface area (Å²) in [6.07, 6.45) is 7.74. The highest BCUT2D eigenvalue weighted by Gasteiger charge is 2.24. The van der Waals surface area contributed by atoms with Crippen LogP contribution < -0.4 is 0 Å². The van der Waals surface area contributed by atoms with Crippen molar-refractivity contribution in [2.75, 3.05) is 0 Å². The van der Waals surface area contributed by atoms with Crippen LogP contribution in [0.2, 0.25) is 0 Å². The molecule has 0 N–H and O–H groups in total. The lowest BCUT2D eigenvalue weighted by molar-refractivity contribution is 0.210. The van der Waals surface area contributed by atoms with Gasteiger partial charge in [0.05, 0.1) is 0 Å². The van der Waals surface area contributed by atoms with Gasteiger partial charge in [0.25, 0.3) is 0 Å². The summed E-state index contributed by atoms with van der Waals surface area (Å²) in [5.74, 6) is 0.745. The second-order valence-electron chi connectivity index (χ2n) is 7.99. The van der Waals surface area contributed by atoms with E-state index in [2.05, 4.69) is 26.0 Å². The highest BCUT2D eigenvalue weighted by molar-refractivity contribution is 5.65. The number of hydrogen-bond donors (Lipinski definition) is 0. The molecule has 1 saturated carbocycles. The van der Waals surface area contributed by atoms with E-state index < -0.39 is 17.2 Å². The average Bonchev–Trinajstić information content (AvgIpc) is 2.68. The summed E-state index contributed by atoms with van der Waals surface area (Å²) in [7, 11) is 0. The fourth-order valence-corrected chi connectivity index (χ4v) is 4.38. The molecule has 0 heterocycles. The van der Waals surface area contributed by atoms with Crippen LogP contribution >= 0.6 is 0 Å². The van der Waals surface area contributed by atoms with Crippen molar-refractivity contribution >= 4 is 0 Å². The van der Waals surface area contributed by atoms with E-state index in [1.54, 1.807) is 6.07 Å². The second-order valence-corrected chi connectivity index (χ2v) is 7.99. The summed E-state index contributed by atoms with van der Waals surface area (Å²) in [5.41, 5.74) is 1.96. The molecule has 2 aromatic carbocycles. The van der Waals surface area contributed by atoms with Crippen LogP contribution in [0.3, 0.4) is 0 Å². The largest absolute Gasteiger partial charge is 0.205 e. The number of nitriles is 1. The molecule has 1 unspecified atom stereocenters. The molecule has 1 aliphatic rings. The van der Waals surface area contributed by atoms with E-state index in [4.69, 9.17) is 5.26 Å². The molecule has 3 rings (SSSR count). The van der Waals surface area contributed by atoms with Gasteiger partial charge in [-0.2, -0.15) is 5.26 Å². The minimum atomic E-state index is -0.812. The van der Waals surface area contributed by atoms with Gasteiger partial charge >= 0.3 is 0 Å². The van der Waals surface area contributed by atoms with Gasteiger partial charge in [-0.05, 0) is 65.8 Å². The van der Waals surface area contributed by atoms with E-state index in [-0.39, 0.29) is 0 Å². The lowest BCUT2D eigenvalue weighted by Crippen LogP contribution is -2.21. The first-order valence-corrected chi connectivity index (χ1v) is 10.00. The predicted octanol–water partition coefficient (Wildman–Crippen LogP) is 6.90. The summed E-state index contributed by atoms with van der Waals surface area (Å²) < 4.78 is 27.7.